The van der Waals surface area contributed by atoms with Crippen molar-refractivity contribution in [1.29, 1.82) is 0 Å². The Labute approximate surface area is 138 Å². The van der Waals surface area contributed by atoms with Crippen LogP contribution in [0.5, 0.6) is 0 Å². The minimum absolute atomic E-state index is 0.0451. The SMILES string of the molecule is C[C@@H]1C[C@H]1c1ccc(CNC(=O)N2CC[C@H]3CC[C@@H](C2)N3C)o1. The molecule has 5 nitrogen and oxygen atoms in total. The molecule has 2 amide bonds. The summed E-state index contributed by atoms with van der Waals surface area (Å²) >= 11 is 0. The van der Waals surface area contributed by atoms with E-state index >= 15 is 0 Å². The van der Waals surface area contributed by atoms with Gasteiger partial charge >= 0.3 is 6.03 Å². The van der Waals surface area contributed by atoms with Gasteiger partial charge in [0.15, 0.2) is 0 Å². The predicted octanol–water partition coefficient (Wildman–Crippen LogP) is 2.78. The molecular formula is C18H27N3O2. The lowest BCUT2D eigenvalue weighted by molar-refractivity contribution is 0.187. The first kappa shape index (κ1) is 15.1. The van der Waals surface area contributed by atoms with E-state index in [1.54, 1.807) is 0 Å². The van der Waals surface area contributed by atoms with Gasteiger partial charge < -0.3 is 14.6 Å². The van der Waals surface area contributed by atoms with Crippen molar-refractivity contribution in [3.05, 3.63) is 23.7 Å². The number of rotatable bonds is 3. The largest absolute Gasteiger partial charge is 0.464 e. The van der Waals surface area contributed by atoms with E-state index in [1.165, 1.54) is 19.3 Å². The second kappa shape index (κ2) is 5.86. The van der Waals surface area contributed by atoms with Crippen molar-refractivity contribution in [2.45, 2.75) is 57.2 Å². The second-order valence-electron chi connectivity index (χ2n) is 7.57. The summed E-state index contributed by atoms with van der Waals surface area (Å²) in [4.78, 5) is 16.9. The van der Waals surface area contributed by atoms with E-state index in [4.69, 9.17) is 4.42 Å². The number of furan rings is 1. The van der Waals surface area contributed by atoms with Crippen molar-refractivity contribution >= 4 is 6.03 Å². The molecule has 3 aliphatic rings. The Morgan fingerprint density at radius 1 is 1.30 bits per heavy atom. The Bertz CT molecular complexity index is 585. The van der Waals surface area contributed by atoms with Gasteiger partial charge in [-0.3, -0.25) is 4.90 Å². The first-order valence-electron chi connectivity index (χ1n) is 8.95. The molecule has 0 aromatic carbocycles. The van der Waals surface area contributed by atoms with Gasteiger partial charge in [-0.05, 0) is 50.8 Å². The fraction of sp³-hybridized carbons (Fsp3) is 0.722. The number of hydrogen-bond donors (Lipinski definition) is 1. The monoisotopic (exact) mass is 317 g/mol. The molecule has 4 atom stereocenters. The normalized spacial score (nSPS) is 33.6. The lowest BCUT2D eigenvalue weighted by Gasteiger charge is -2.25. The van der Waals surface area contributed by atoms with Gasteiger partial charge in [0.2, 0.25) is 0 Å². The second-order valence-corrected chi connectivity index (χ2v) is 7.57. The summed E-state index contributed by atoms with van der Waals surface area (Å²) in [7, 11) is 2.20. The van der Waals surface area contributed by atoms with Crippen LogP contribution in [0.3, 0.4) is 0 Å². The highest BCUT2D eigenvalue weighted by molar-refractivity contribution is 5.74. The number of fused-ring (bicyclic) bond motifs is 2. The zero-order valence-electron chi connectivity index (χ0n) is 14.1. The Kier molecular flexibility index (Phi) is 3.84. The van der Waals surface area contributed by atoms with Crippen molar-refractivity contribution in [2.75, 3.05) is 20.1 Å². The molecular weight excluding hydrogens is 290 g/mol. The maximum atomic E-state index is 12.5. The molecule has 4 rings (SSSR count). The van der Waals surface area contributed by atoms with Crippen LogP contribution in [0.2, 0.25) is 0 Å². The molecule has 0 spiro atoms. The molecule has 2 bridgehead atoms. The number of carbonyl (C=O) groups excluding carboxylic acids is 1. The third-order valence-corrected chi connectivity index (χ3v) is 6.01. The average Bonchev–Trinajstić information content (AvgIpc) is 2.95. The molecule has 5 heteroatoms. The summed E-state index contributed by atoms with van der Waals surface area (Å²) in [5, 5.41) is 3.03. The lowest BCUT2D eigenvalue weighted by atomic mass is 10.1. The van der Waals surface area contributed by atoms with Crippen LogP contribution in [0.15, 0.2) is 16.5 Å². The zero-order chi connectivity index (χ0) is 16.0. The minimum atomic E-state index is 0.0451. The predicted molar refractivity (Wildman–Crippen MR) is 88.2 cm³/mol. The van der Waals surface area contributed by atoms with Crippen LogP contribution in [0.1, 0.15) is 50.0 Å². The van der Waals surface area contributed by atoms with E-state index in [1.807, 2.05) is 11.0 Å². The summed E-state index contributed by atoms with van der Waals surface area (Å²) in [5.41, 5.74) is 0. The summed E-state index contributed by atoms with van der Waals surface area (Å²) in [6, 6.07) is 5.29. The molecule has 1 N–H and O–H groups in total. The van der Waals surface area contributed by atoms with Crippen molar-refractivity contribution in [3.8, 4) is 0 Å². The summed E-state index contributed by atoms with van der Waals surface area (Å²) in [6.45, 7) is 4.45. The van der Waals surface area contributed by atoms with Crippen LogP contribution in [0.25, 0.3) is 0 Å². The lowest BCUT2D eigenvalue weighted by Crippen LogP contribution is -2.44. The summed E-state index contributed by atoms with van der Waals surface area (Å²) in [5.74, 6) is 3.28. The molecule has 0 unspecified atom stereocenters. The first-order chi connectivity index (χ1) is 11.1. The van der Waals surface area contributed by atoms with E-state index in [0.29, 0.717) is 24.5 Å². The van der Waals surface area contributed by atoms with Crippen molar-refractivity contribution in [1.82, 2.24) is 15.1 Å². The van der Waals surface area contributed by atoms with Gasteiger partial charge in [0, 0.05) is 31.1 Å². The number of likely N-dealkylation sites (N-methyl/N-ethyl adjacent to an activating group) is 1. The molecule has 2 aliphatic heterocycles. The molecule has 1 saturated carbocycles. The number of carbonyl (C=O) groups is 1. The van der Waals surface area contributed by atoms with Crippen LogP contribution in [0.4, 0.5) is 4.79 Å². The van der Waals surface area contributed by atoms with Crippen LogP contribution >= 0.6 is 0 Å². The molecule has 126 valence electrons. The Balaban J connectivity index is 1.30. The summed E-state index contributed by atoms with van der Waals surface area (Å²) in [6.07, 6.45) is 4.81. The van der Waals surface area contributed by atoms with Gasteiger partial charge in [-0.15, -0.1) is 0 Å². The van der Waals surface area contributed by atoms with Crippen LogP contribution in [-0.4, -0.2) is 48.1 Å². The zero-order valence-corrected chi connectivity index (χ0v) is 14.1. The van der Waals surface area contributed by atoms with E-state index in [2.05, 4.69) is 30.3 Å². The molecule has 3 fully saturated rings. The maximum Gasteiger partial charge on any atom is 0.317 e. The van der Waals surface area contributed by atoms with E-state index in [-0.39, 0.29) is 6.03 Å². The van der Waals surface area contributed by atoms with Crippen LogP contribution in [0, 0.1) is 5.92 Å². The molecule has 1 aliphatic carbocycles. The van der Waals surface area contributed by atoms with Crippen molar-refractivity contribution < 1.29 is 9.21 Å². The van der Waals surface area contributed by atoms with Crippen LogP contribution in [-0.2, 0) is 6.54 Å². The highest BCUT2D eigenvalue weighted by atomic mass is 16.3. The average molecular weight is 317 g/mol. The third kappa shape index (κ3) is 2.99. The highest BCUT2D eigenvalue weighted by Crippen LogP contribution is 2.47. The Morgan fingerprint density at radius 3 is 2.87 bits per heavy atom. The molecule has 1 aromatic rings. The van der Waals surface area contributed by atoms with Crippen molar-refractivity contribution in [3.63, 3.8) is 0 Å². The molecule has 0 radical (unpaired) electrons. The third-order valence-electron chi connectivity index (χ3n) is 6.01. The molecule has 3 heterocycles. The van der Waals surface area contributed by atoms with Gasteiger partial charge in [-0.2, -0.15) is 0 Å². The number of hydrogen-bond acceptors (Lipinski definition) is 3. The fourth-order valence-corrected chi connectivity index (χ4v) is 4.18. The Morgan fingerprint density at radius 2 is 2.09 bits per heavy atom. The first-order valence-corrected chi connectivity index (χ1v) is 8.95. The van der Waals surface area contributed by atoms with Crippen molar-refractivity contribution in [2.24, 2.45) is 5.92 Å². The van der Waals surface area contributed by atoms with Gasteiger partial charge in [-0.1, -0.05) is 6.92 Å². The van der Waals surface area contributed by atoms with Gasteiger partial charge in [0.1, 0.15) is 11.5 Å². The number of nitrogens with one attached hydrogen (secondary N) is 1. The van der Waals surface area contributed by atoms with E-state index in [9.17, 15) is 4.79 Å². The number of amides is 2. The molecule has 1 aromatic heterocycles. The smallest absolute Gasteiger partial charge is 0.317 e. The number of urea groups is 1. The highest BCUT2D eigenvalue weighted by Gasteiger charge is 2.37. The van der Waals surface area contributed by atoms with E-state index < -0.39 is 0 Å². The quantitative estimate of drug-likeness (QED) is 0.932. The van der Waals surface area contributed by atoms with Gasteiger partial charge in [0.05, 0.1) is 6.54 Å². The number of likely N-dealkylation sites (tertiary alicyclic amines) is 1. The molecule has 2 saturated heterocycles. The Hall–Kier alpha value is -1.49. The fourth-order valence-electron chi connectivity index (χ4n) is 4.18. The maximum absolute atomic E-state index is 12.5. The topological polar surface area (TPSA) is 48.7 Å². The standard InChI is InChI=1S/C18H27N3O2/c1-12-9-16(12)17-6-5-15(23-17)10-19-18(22)21-8-7-13-3-4-14(11-21)20(13)2/h5-6,12-14,16H,3-4,7-11H2,1-2H3,(H,19,22)/t12-,13-,14+,16-/m1/s1. The molecule has 23 heavy (non-hydrogen) atoms. The minimum Gasteiger partial charge on any atom is -0.464 e. The number of nitrogens with zero attached hydrogens (tertiary/aromatic N) is 2. The summed E-state index contributed by atoms with van der Waals surface area (Å²) < 4.78 is 5.87. The van der Waals surface area contributed by atoms with E-state index in [0.717, 1.165) is 36.9 Å². The van der Waals surface area contributed by atoms with Gasteiger partial charge in [0.25, 0.3) is 0 Å². The van der Waals surface area contributed by atoms with Gasteiger partial charge in [-0.25, -0.2) is 4.79 Å². The van der Waals surface area contributed by atoms with Crippen LogP contribution < -0.4 is 5.32 Å².